The van der Waals surface area contributed by atoms with E-state index < -0.39 is 66.8 Å². The fraction of sp³-hybridized carbons (Fsp3) is 0.750. The highest BCUT2D eigenvalue weighted by atomic mass is 16.6. The van der Waals surface area contributed by atoms with Crippen molar-refractivity contribution in [2.75, 3.05) is 20.3 Å². The van der Waals surface area contributed by atoms with Crippen LogP contribution in [0, 0.1) is 6.92 Å². The molecule has 3 heterocycles. The van der Waals surface area contributed by atoms with Crippen LogP contribution in [0.3, 0.4) is 0 Å². The number of aromatic nitrogens is 2. The Balaban J connectivity index is 2.17. The van der Waals surface area contributed by atoms with E-state index in [9.17, 15) is 30.0 Å². The molecule has 0 bridgehead atoms. The molecule has 0 aliphatic carbocycles. The van der Waals surface area contributed by atoms with Gasteiger partial charge >= 0.3 is 5.69 Å². The highest BCUT2D eigenvalue weighted by Crippen LogP contribution is 2.44. The predicted molar refractivity (Wildman–Crippen MR) is 89.2 cm³/mol. The summed E-state index contributed by atoms with van der Waals surface area (Å²) in [5.41, 5.74) is -2.85. The van der Waals surface area contributed by atoms with Gasteiger partial charge in [-0.15, -0.1) is 0 Å². The molecule has 1 aromatic rings. The highest BCUT2D eigenvalue weighted by molar-refractivity contribution is 5.10. The van der Waals surface area contributed by atoms with Crippen LogP contribution in [0.4, 0.5) is 0 Å². The van der Waals surface area contributed by atoms with Crippen LogP contribution in [0.15, 0.2) is 15.8 Å². The number of aryl methyl sites for hydroxylation is 1. The van der Waals surface area contributed by atoms with Gasteiger partial charge in [-0.1, -0.05) is 0 Å². The molecule has 0 spiro atoms. The molecule has 0 radical (unpaired) electrons. The average Bonchev–Trinajstić information content (AvgIpc) is 3.15. The fourth-order valence-electron chi connectivity index (χ4n) is 3.82. The highest BCUT2D eigenvalue weighted by Gasteiger charge is 2.61. The first-order valence-corrected chi connectivity index (χ1v) is 8.56. The van der Waals surface area contributed by atoms with Crippen LogP contribution in [0.1, 0.15) is 12.0 Å². The third kappa shape index (κ3) is 3.14. The number of aliphatic hydroxyl groups excluding tert-OH is 4. The van der Waals surface area contributed by atoms with Crippen LogP contribution < -0.4 is 11.2 Å². The molecular formula is C16H24N2O9. The van der Waals surface area contributed by atoms with Gasteiger partial charge in [0.2, 0.25) is 0 Å². The molecule has 2 aliphatic heterocycles. The molecule has 3 rings (SSSR count). The van der Waals surface area contributed by atoms with E-state index in [0.717, 1.165) is 4.57 Å². The lowest BCUT2D eigenvalue weighted by molar-refractivity contribution is -0.210. The molecule has 27 heavy (non-hydrogen) atoms. The maximum atomic E-state index is 12.5. The maximum Gasteiger partial charge on any atom is 0.330 e. The van der Waals surface area contributed by atoms with E-state index in [1.54, 1.807) is 0 Å². The molecule has 2 aliphatic rings. The minimum Gasteiger partial charge on any atom is -0.394 e. The van der Waals surface area contributed by atoms with Gasteiger partial charge in [0.05, 0.1) is 19.3 Å². The van der Waals surface area contributed by atoms with Gasteiger partial charge in [0.1, 0.15) is 30.5 Å². The van der Waals surface area contributed by atoms with E-state index in [0.29, 0.717) is 0 Å². The van der Waals surface area contributed by atoms with Crippen molar-refractivity contribution < 1.29 is 34.6 Å². The van der Waals surface area contributed by atoms with Crippen molar-refractivity contribution in [2.24, 2.45) is 0 Å². The summed E-state index contributed by atoms with van der Waals surface area (Å²) in [7, 11) is 1.33. The van der Waals surface area contributed by atoms with Crippen LogP contribution in [0.25, 0.3) is 0 Å². The van der Waals surface area contributed by atoms with Crippen molar-refractivity contribution in [2.45, 2.75) is 55.7 Å². The number of hydrogen-bond acceptors (Lipinski definition) is 9. The molecule has 152 valence electrons. The van der Waals surface area contributed by atoms with E-state index in [-0.39, 0.29) is 12.0 Å². The molecule has 2 saturated heterocycles. The summed E-state index contributed by atoms with van der Waals surface area (Å²) in [6.07, 6.45) is -5.37. The number of ether oxygens (including phenoxy) is 3. The zero-order valence-corrected chi connectivity index (χ0v) is 14.9. The van der Waals surface area contributed by atoms with Crippen molar-refractivity contribution in [3.63, 3.8) is 0 Å². The van der Waals surface area contributed by atoms with Crippen LogP contribution in [-0.4, -0.2) is 86.9 Å². The lowest BCUT2D eigenvalue weighted by atomic mass is 9.94. The second-order valence-corrected chi connectivity index (χ2v) is 6.87. The van der Waals surface area contributed by atoms with Gasteiger partial charge in [0, 0.05) is 25.3 Å². The summed E-state index contributed by atoms with van der Waals surface area (Å²) in [6, 6.07) is 0. The molecule has 7 atom stereocenters. The van der Waals surface area contributed by atoms with Crippen LogP contribution in [-0.2, 0) is 19.9 Å². The zero-order chi connectivity index (χ0) is 19.9. The predicted octanol–water partition coefficient (Wildman–Crippen LogP) is -3.22. The normalized spacial score (nSPS) is 39.2. The van der Waals surface area contributed by atoms with Crippen LogP contribution in [0.2, 0.25) is 0 Å². The van der Waals surface area contributed by atoms with Crippen LogP contribution in [0.5, 0.6) is 0 Å². The molecule has 0 aromatic carbocycles. The summed E-state index contributed by atoms with van der Waals surface area (Å²) in [4.78, 5) is 26.5. The third-order valence-corrected chi connectivity index (χ3v) is 5.23. The monoisotopic (exact) mass is 388 g/mol. The number of aromatic amines is 1. The summed E-state index contributed by atoms with van der Waals surface area (Å²) in [5.74, 6) is 0. The van der Waals surface area contributed by atoms with Gasteiger partial charge in [-0.05, 0) is 6.92 Å². The Hall–Kier alpha value is -1.60. The standard InChI is InChI=1S/C16H24N2O9/c1-7-4-18(15(24)17-14(7)23)16(3-8(21)9(5-19)27-16)13-12(25-2)11(22)10(6-20)26-13/h4,8-13,19-22H,3,5-6H2,1-2H3,(H,17,23,24)/t8-,9+,10+,11+,12-,13+,16-/m0/s1. The fourth-order valence-corrected chi connectivity index (χ4v) is 3.82. The second kappa shape index (κ2) is 7.43. The topological polar surface area (TPSA) is 163 Å². The smallest absolute Gasteiger partial charge is 0.330 e. The van der Waals surface area contributed by atoms with E-state index in [1.165, 1.54) is 20.2 Å². The molecule has 1 aromatic heterocycles. The minimum atomic E-state index is -1.68. The molecule has 11 heteroatoms. The summed E-state index contributed by atoms with van der Waals surface area (Å²) < 4.78 is 18.0. The van der Waals surface area contributed by atoms with Crippen molar-refractivity contribution in [1.29, 1.82) is 0 Å². The van der Waals surface area contributed by atoms with Crippen molar-refractivity contribution >= 4 is 0 Å². The Bertz CT molecular complexity index is 793. The Morgan fingerprint density at radius 2 is 1.96 bits per heavy atom. The third-order valence-electron chi connectivity index (χ3n) is 5.23. The molecule has 2 fully saturated rings. The SMILES string of the molecule is CO[C@H]1[C@H](O)[C@@H](CO)O[C@H]1[C@]1(n2cc(C)c(=O)[nH]c2=O)C[C@H](O)[C@@H](CO)O1. The van der Waals surface area contributed by atoms with E-state index in [1.807, 2.05) is 0 Å². The lowest BCUT2D eigenvalue weighted by Crippen LogP contribution is -2.56. The van der Waals surface area contributed by atoms with Crippen LogP contribution >= 0.6 is 0 Å². The Kier molecular flexibility index (Phi) is 5.54. The number of aliphatic hydroxyl groups is 4. The van der Waals surface area contributed by atoms with Crippen molar-refractivity contribution in [1.82, 2.24) is 9.55 Å². The van der Waals surface area contributed by atoms with E-state index >= 15 is 0 Å². The quantitative estimate of drug-likeness (QED) is 0.349. The largest absolute Gasteiger partial charge is 0.394 e. The summed E-state index contributed by atoms with van der Waals surface area (Å²) in [6.45, 7) is 0.474. The van der Waals surface area contributed by atoms with Gasteiger partial charge < -0.3 is 34.6 Å². The number of rotatable bonds is 5. The lowest BCUT2D eigenvalue weighted by Gasteiger charge is -2.38. The summed E-state index contributed by atoms with van der Waals surface area (Å²) in [5, 5.41) is 39.7. The molecule has 0 amide bonds. The van der Waals surface area contributed by atoms with E-state index in [2.05, 4.69) is 4.98 Å². The first kappa shape index (κ1) is 20.1. The number of H-pyrrole nitrogens is 1. The number of hydrogen-bond donors (Lipinski definition) is 5. The maximum absolute atomic E-state index is 12.5. The van der Waals surface area contributed by atoms with Gasteiger partial charge in [-0.2, -0.15) is 0 Å². The Labute approximate surface area is 153 Å². The zero-order valence-electron chi connectivity index (χ0n) is 14.9. The minimum absolute atomic E-state index is 0.168. The molecular weight excluding hydrogens is 364 g/mol. The van der Waals surface area contributed by atoms with Crippen molar-refractivity contribution in [3.05, 3.63) is 32.6 Å². The van der Waals surface area contributed by atoms with Gasteiger partial charge in [-0.3, -0.25) is 14.3 Å². The first-order valence-electron chi connectivity index (χ1n) is 8.56. The molecule has 11 nitrogen and oxygen atoms in total. The number of nitrogens with one attached hydrogen (secondary N) is 1. The number of nitrogens with zero attached hydrogens (tertiary/aromatic N) is 1. The summed E-state index contributed by atoms with van der Waals surface area (Å²) >= 11 is 0. The average molecular weight is 388 g/mol. The Morgan fingerprint density at radius 1 is 1.30 bits per heavy atom. The van der Waals surface area contributed by atoms with E-state index in [4.69, 9.17) is 14.2 Å². The molecule has 0 saturated carbocycles. The Morgan fingerprint density at radius 3 is 2.52 bits per heavy atom. The molecule has 5 N–H and O–H groups in total. The van der Waals surface area contributed by atoms with Crippen molar-refractivity contribution in [3.8, 4) is 0 Å². The number of methoxy groups -OCH3 is 1. The second-order valence-electron chi connectivity index (χ2n) is 6.87. The first-order chi connectivity index (χ1) is 12.8. The van der Waals surface area contributed by atoms with Gasteiger partial charge in [0.25, 0.3) is 5.56 Å². The molecule has 0 unspecified atom stereocenters. The van der Waals surface area contributed by atoms with Gasteiger partial charge in [-0.25, -0.2) is 4.79 Å². The van der Waals surface area contributed by atoms with Gasteiger partial charge in [0.15, 0.2) is 5.72 Å².